The lowest BCUT2D eigenvalue weighted by Gasteiger charge is -2.08. The number of para-hydroxylation sites is 1. The number of ether oxygens (including phenoxy) is 1. The lowest BCUT2D eigenvalue weighted by Crippen LogP contribution is -2.00. The van der Waals surface area contributed by atoms with E-state index in [0.717, 1.165) is 31.7 Å². The van der Waals surface area contributed by atoms with Gasteiger partial charge in [-0.15, -0.1) is 4.91 Å². The minimum absolute atomic E-state index is 0.500. The van der Waals surface area contributed by atoms with Crippen LogP contribution in [0.4, 0.5) is 11.4 Å². The van der Waals surface area contributed by atoms with E-state index in [4.69, 9.17) is 4.74 Å². The van der Waals surface area contributed by atoms with Crippen LogP contribution in [0.2, 0.25) is 0 Å². The topological polar surface area (TPSA) is 50.7 Å². The van der Waals surface area contributed by atoms with Gasteiger partial charge in [-0.25, -0.2) is 0 Å². The van der Waals surface area contributed by atoms with Gasteiger partial charge in [0.1, 0.15) is 11.4 Å². The summed E-state index contributed by atoms with van der Waals surface area (Å²) in [6.45, 7) is 1.85. The van der Waals surface area contributed by atoms with Crippen molar-refractivity contribution in [3.8, 4) is 16.9 Å². The number of hydrogen-bond acceptors (Lipinski definition) is 4. The molecule has 0 saturated heterocycles. The molecule has 0 fully saturated rings. The van der Waals surface area contributed by atoms with E-state index in [1.54, 1.807) is 6.07 Å². The Labute approximate surface area is 210 Å². The van der Waals surface area contributed by atoms with Crippen molar-refractivity contribution in [2.45, 2.75) is 70.6 Å². The predicted octanol–water partition coefficient (Wildman–Crippen LogP) is 9.05. The summed E-state index contributed by atoms with van der Waals surface area (Å²) in [6, 6.07) is 22.5. The zero-order valence-corrected chi connectivity index (χ0v) is 20.8. The standard InChI is InChI=1S/C31H38N2O2/c34-33-28-16-18-30-25(23-28)22-26-24-29(17-19-31(26)30)35-21-13-8-6-4-2-1-3-5-7-12-20-32-27-14-10-9-11-15-27/h9-11,14-19,23-24,32H,1-8,12-13,20-22H2. The summed E-state index contributed by atoms with van der Waals surface area (Å²) in [4.78, 5) is 10.8. The lowest BCUT2D eigenvalue weighted by atomic mass is 10.1. The minimum Gasteiger partial charge on any atom is -0.494 e. The van der Waals surface area contributed by atoms with E-state index in [1.165, 1.54) is 85.7 Å². The van der Waals surface area contributed by atoms with Gasteiger partial charge in [0, 0.05) is 12.2 Å². The number of nitrogens with zero attached hydrogens (tertiary/aromatic N) is 1. The van der Waals surface area contributed by atoms with Crippen LogP contribution in [0, 0.1) is 4.91 Å². The van der Waals surface area contributed by atoms with Crippen molar-refractivity contribution in [2.75, 3.05) is 18.5 Å². The van der Waals surface area contributed by atoms with Crippen molar-refractivity contribution in [3.05, 3.63) is 82.8 Å². The largest absolute Gasteiger partial charge is 0.494 e. The molecule has 0 atom stereocenters. The van der Waals surface area contributed by atoms with Crippen LogP contribution < -0.4 is 10.1 Å². The molecular formula is C31H38N2O2. The molecule has 0 spiro atoms. The van der Waals surface area contributed by atoms with Crippen LogP contribution in [0.5, 0.6) is 5.75 Å². The normalized spacial score (nSPS) is 11.7. The Kier molecular flexibility index (Phi) is 9.75. The van der Waals surface area contributed by atoms with E-state index in [2.05, 4.69) is 59.0 Å². The number of nitrogens with one attached hydrogen (secondary N) is 1. The summed E-state index contributed by atoms with van der Waals surface area (Å²) >= 11 is 0. The van der Waals surface area contributed by atoms with Gasteiger partial charge in [-0.1, -0.05) is 81.7 Å². The Balaban J connectivity index is 0.988. The van der Waals surface area contributed by atoms with Crippen LogP contribution >= 0.6 is 0 Å². The Morgan fingerprint density at radius 1 is 0.686 bits per heavy atom. The third-order valence-electron chi connectivity index (χ3n) is 6.88. The molecule has 0 saturated carbocycles. The highest BCUT2D eigenvalue weighted by atomic mass is 16.5. The average molecular weight is 471 g/mol. The molecular weight excluding hydrogens is 432 g/mol. The monoisotopic (exact) mass is 470 g/mol. The van der Waals surface area contributed by atoms with Crippen LogP contribution in [0.1, 0.15) is 75.3 Å². The first-order chi connectivity index (χ1) is 17.3. The third-order valence-corrected chi connectivity index (χ3v) is 6.88. The maximum atomic E-state index is 10.8. The molecule has 3 aromatic carbocycles. The molecule has 0 bridgehead atoms. The molecule has 1 aliphatic rings. The fourth-order valence-electron chi connectivity index (χ4n) is 4.94. The number of nitroso groups, excluding NO2 is 1. The predicted molar refractivity (Wildman–Crippen MR) is 147 cm³/mol. The summed E-state index contributed by atoms with van der Waals surface area (Å²) < 4.78 is 6.02. The van der Waals surface area contributed by atoms with Crippen LogP contribution in [-0.4, -0.2) is 13.2 Å². The number of rotatable bonds is 16. The molecule has 0 radical (unpaired) electrons. The van der Waals surface area contributed by atoms with Gasteiger partial charge in [-0.2, -0.15) is 0 Å². The Bertz CT molecular complexity index is 1060. The van der Waals surface area contributed by atoms with Crippen molar-refractivity contribution < 1.29 is 4.74 Å². The Morgan fingerprint density at radius 3 is 2.03 bits per heavy atom. The first-order valence-electron chi connectivity index (χ1n) is 13.3. The fraction of sp³-hybridized carbons (Fsp3) is 0.419. The van der Waals surface area contributed by atoms with Crippen molar-refractivity contribution in [1.82, 2.24) is 0 Å². The number of anilines is 1. The highest BCUT2D eigenvalue weighted by Gasteiger charge is 2.19. The quantitative estimate of drug-likeness (QED) is 0.131. The number of benzene rings is 3. The lowest BCUT2D eigenvalue weighted by molar-refractivity contribution is 0.304. The molecule has 0 aliphatic heterocycles. The molecule has 1 aliphatic carbocycles. The van der Waals surface area contributed by atoms with E-state index < -0.39 is 0 Å². The molecule has 0 unspecified atom stereocenters. The van der Waals surface area contributed by atoms with Crippen molar-refractivity contribution in [1.29, 1.82) is 0 Å². The molecule has 4 rings (SSSR count). The van der Waals surface area contributed by atoms with Gasteiger partial charge in [0.25, 0.3) is 0 Å². The summed E-state index contributed by atoms with van der Waals surface area (Å²) in [6.07, 6.45) is 13.9. The first kappa shape index (κ1) is 25.0. The minimum atomic E-state index is 0.500. The number of unbranched alkanes of at least 4 members (excludes halogenated alkanes) is 9. The van der Waals surface area contributed by atoms with Gasteiger partial charge < -0.3 is 10.1 Å². The van der Waals surface area contributed by atoms with E-state index in [-0.39, 0.29) is 0 Å². The molecule has 1 N–H and O–H groups in total. The maximum Gasteiger partial charge on any atom is 0.119 e. The molecule has 4 heteroatoms. The Morgan fingerprint density at radius 2 is 1.31 bits per heavy atom. The smallest absolute Gasteiger partial charge is 0.119 e. The Hall–Kier alpha value is -3.14. The van der Waals surface area contributed by atoms with Crippen LogP contribution in [0.25, 0.3) is 11.1 Å². The SMILES string of the molecule is O=Nc1ccc2c(c1)Cc1cc(OCCCCCCCCCCCCNc3ccccc3)ccc1-2. The van der Waals surface area contributed by atoms with Crippen molar-refractivity contribution in [2.24, 2.45) is 5.18 Å². The molecule has 35 heavy (non-hydrogen) atoms. The first-order valence-corrected chi connectivity index (χ1v) is 13.3. The zero-order chi connectivity index (χ0) is 24.1. The van der Waals surface area contributed by atoms with Gasteiger partial charge in [0.05, 0.1) is 6.61 Å². The molecule has 0 heterocycles. The van der Waals surface area contributed by atoms with E-state index in [0.29, 0.717) is 5.69 Å². The average Bonchev–Trinajstić information content (AvgIpc) is 3.26. The second-order valence-electron chi connectivity index (χ2n) is 9.61. The van der Waals surface area contributed by atoms with Gasteiger partial charge >= 0.3 is 0 Å². The second kappa shape index (κ2) is 13.7. The number of fused-ring (bicyclic) bond motifs is 3. The molecule has 3 aromatic rings. The van der Waals surface area contributed by atoms with Crippen LogP contribution in [0.3, 0.4) is 0 Å². The molecule has 0 amide bonds. The zero-order valence-electron chi connectivity index (χ0n) is 20.8. The highest BCUT2D eigenvalue weighted by Crippen LogP contribution is 2.39. The molecule has 4 nitrogen and oxygen atoms in total. The van der Waals surface area contributed by atoms with Crippen LogP contribution in [-0.2, 0) is 6.42 Å². The van der Waals surface area contributed by atoms with Gasteiger partial charge in [-0.3, -0.25) is 0 Å². The summed E-state index contributed by atoms with van der Waals surface area (Å²) in [5.41, 5.74) is 6.62. The summed E-state index contributed by atoms with van der Waals surface area (Å²) in [5.74, 6) is 0.948. The van der Waals surface area contributed by atoms with Gasteiger partial charge in [0.15, 0.2) is 0 Å². The summed E-state index contributed by atoms with van der Waals surface area (Å²) in [5, 5.41) is 6.55. The molecule has 0 aromatic heterocycles. The fourth-order valence-corrected chi connectivity index (χ4v) is 4.94. The maximum absolute atomic E-state index is 10.8. The van der Waals surface area contributed by atoms with E-state index in [9.17, 15) is 4.91 Å². The second-order valence-corrected chi connectivity index (χ2v) is 9.61. The van der Waals surface area contributed by atoms with Gasteiger partial charge in [-0.05, 0) is 83.1 Å². The summed E-state index contributed by atoms with van der Waals surface area (Å²) in [7, 11) is 0. The van der Waals surface area contributed by atoms with E-state index in [1.807, 2.05) is 12.1 Å². The van der Waals surface area contributed by atoms with Crippen LogP contribution in [0.15, 0.2) is 71.9 Å². The highest BCUT2D eigenvalue weighted by molar-refractivity contribution is 5.78. The van der Waals surface area contributed by atoms with Crippen molar-refractivity contribution in [3.63, 3.8) is 0 Å². The molecule has 184 valence electrons. The number of hydrogen-bond donors (Lipinski definition) is 1. The van der Waals surface area contributed by atoms with E-state index >= 15 is 0 Å². The van der Waals surface area contributed by atoms with Crippen molar-refractivity contribution >= 4 is 11.4 Å². The third kappa shape index (κ3) is 7.68. The van der Waals surface area contributed by atoms with Gasteiger partial charge in [0.2, 0.25) is 0 Å².